The van der Waals surface area contributed by atoms with Crippen molar-refractivity contribution in [2.45, 2.75) is 26.6 Å². The number of nitrogens with one attached hydrogen (secondary N) is 2. The fraction of sp³-hybridized carbons (Fsp3) is 0.323. The predicted octanol–water partition coefficient (Wildman–Crippen LogP) is 4.81. The molecule has 2 aromatic carbocycles. The van der Waals surface area contributed by atoms with Crippen molar-refractivity contribution in [3.8, 4) is 11.8 Å². The summed E-state index contributed by atoms with van der Waals surface area (Å²) in [5, 5.41) is 9.88. The number of amides is 1. The van der Waals surface area contributed by atoms with E-state index in [1.807, 2.05) is 31.9 Å². The van der Waals surface area contributed by atoms with Gasteiger partial charge in [-0.05, 0) is 67.9 Å². The summed E-state index contributed by atoms with van der Waals surface area (Å²) in [6.07, 6.45) is -2.75. The van der Waals surface area contributed by atoms with Crippen LogP contribution in [0.1, 0.15) is 43.7 Å². The quantitative estimate of drug-likeness (QED) is 0.333. The monoisotopic (exact) mass is 575 g/mol. The molecule has 0 spiro atoms. The third kappa shape index (κ3) is 6.56. The molecule has 11 heteroatoms. The van der Waals surface area contributed by atoms with E-state index in [1.54, 1.807) is 36.0 Å². The van der Waals surface area contributed by atoms with Crippen LogP contribution >= 0.6 is 0 Å². The molecule has 42 heavy (non-hydrogen) atoms. The third-order valence-corrected chi connectivity index (χ3v) is 7.40. The van der Waals surface area contributed by atoms with E-state index < -0.39 is 17.6 Å². The fourth-order valence-electron chi connectivity index (χ4n) is 4.80. The molecule has 1 aliphatic rings. The van der Waals surface area contributed by atoms with Crippen molar-refractivity contribution in [2.24, 2.45) is 0 Å². The Kier molecular flexibility index (Phi) is 8.20. The molecule has 5 rings (SSSR count). The van der Waals surface area contributed by atoms with Crippen LogP contribution in [-0.4, -0.2) is 70.6 Å². The van der Waals surface area contributed by atoms with Gasteiger partial charge in [-0.1, -0.05) is 24.0 Å². The average molecular weight is 576 g/mol. The van der Waals surface area contributed by atoms with Gasteiger partial charge in [-0.15, -0.1) is 5.10 Å². The van der Waals surface area contributed by atoms with Crippen LogP contribution in [0.15, 0.2) is 48.7 Å². The number of alkyl halides is 3. The number of fused-ring (bicyclic) bond motifs is 1. The maximum Gasteiger partial charge on any atom is 0.416 e. The smallest absolute Gasteiger partial charge is 0.356 e. The van der Waals surface area contributed by atoms with Crippen molar-refractivity contribution in [3.63, 3.8) is 0 Å². The second kappa shape index (κ2) is 11.8. The molecule has 0 atom stereocenters. The number of halogens is 3. The van der Waals surface area contributed by atoms with Gasteiger partial charge in [0.25, 0.3) is 5.91 Å². The third-order valence-electron chi connectivity index (χ3n) is 7.40. The minimum absolute atomic E-state index is 0.0837. The Morgan fingerprint density at radius 3 is 2.43 bits per heavy atom. The van der Waals surface area contributed by atoms with Crippen LogP contribution in [-0.2, 0) is 12.7 Å². The molecule has 1 saturated heterocycles. The van der Waals surface area contributed by atoms with Crippen molar-refractivity contribution in [1.82, 2.24) is 24.4 Å². The maximum atomic E-state index is 14.0. The number of aryl methyl sites for hydroxylation is 2. The summed E-state index contributed by atoms with van der Waals surface area (Å²) in [5.74, 6) is 6.26. The SMILES string of the molecule is CNc1nc2cc(C)c(C#Cc3cc(C(=O)Nc4ccc(CN5CCN(C)CC5)c(C(F)(F)F)c4)ccc3C)cn2n1. The van der Waals surface area contributed by atoms with E-state index in [0.717, 1.165) is 35.8 Å². The molecule has 0 bridgehead atoms. The number of benzene rings is 2. The molecule has 1 aliphatic heterocycles. The van der Waals surface area contributed by atoms with Crippen molar-refractivity contribution in [2.75, 3.05) is 50.9 Å². The highest BCUT2D eigenvalue weighted by molar-refractivity contribution is 6.04. The first-order valence-electron chi connectivity index (χ1n) is 13.6. The second-order valence-corrected chi connectivity index (χ2v) is 10.5. The topological polar surface area (TPSA) is 77.8 Å². The van der Waals surface area contributed by atoms with Gasteiger partial charge in [-0.3, -0.25) is 9.69 Å². The number of carbonyl (C=O) groups is 1. The van der Waals surface area contributed by atoms with Crippen LogP contribution < -0.4 is 10.6 Å². The Labute approximate surface area is 242 Å². The molecule has 1 amide bonds. The van der Waals surface area contributed by atoms with E-state index in [1.165, 1.54) is 12.1 Å². The summed E-state index contributed by atoms with van der Waals surface area (Å²) >= 11 is 0. The lowest BCUT2D eigenvalue weighted by Gasteiger charge is -2.33. The summed E-state index contributed by atoms with van der Waals surface area (Å²) in [5.41, 5.74) is 3.70. The van der Waals surface area contributed by atoms with E-state index in [9.17, 15) is 18.0 Å². The Bertz CT molecular complexity index is 1690. The van der Waals surface area contributed by atoms with Gasteiger partial charge < -0.3 is 15.5 Å². The number of piperazine rings is 1. The molecule has 8 nitrogen and oxygen atoms in total. The molecule has 0 aliphatic carbocycles. The van der Waals surface area contributed by atoms with E-state index in [-0.39, 0.29) is 17.8 Å². The minimum Gasteiger partial charge on any atom is -0.356 e. The summed E-state index contributed by atoms with van der Waals surface area (Å²) in [6, 6.07) is 10.9. The van der Waals surface area contributed by atoms with Crippen molar-refractivity contribution >= 4 is 23.2 Å². The maximum absolute atomic E-state index is 14.0. The minimum atomic E-state index is -4.54. The van der Waals surface area contributed by atoms with E-state index in [0.29, 0.717) is 35.8 Å². The van der Waals surface area contributed by atoms with Gasteiger partial charge in [-0.25, -0.2) is 4.52 Å². The highest BCUT2D eigenvalue weighted by atomic mass is 19.4. The molecule has 2 N–H and O–H groups in total. The standard InChI is InChI=1S/C31H32F3N7O/c1-20-5-6-23(16-22(20)7-8-24-19-41-28(15-21(24)2)37-30(35-3)38-41)29(42)36-26-10-9-25(27(17-26)31(32,33)34)18-40-13-11-39(4)12-14-40/h5-6,9-10,15-17,19H,11-14,18H2,1-4H3,(H,35,38)(H,36,42). The van der Waals surface area contributed by atoms with Crippen LogP contribution in [0.25, 0.3) is 5.65 Å². The highest BCUT2D eigenvalue weighted by Gasteiger charge is 2.34. The number of rotatable bonds is 5. The zero-order valence-corrected chi connectivity index (χ0v) is 23.9. The first-order valence-corrected chi connectivity index (χ1v) is 13.6. The molecule has 0 radical (unpaired) electrons. The van der Waals surface area contributed by atoms with Crippen LogP contribution in [0.2, 0.25) is 0 Å². The number of pyridine rings is 1. The first kappa shape index (κ1) is 29.1. The van der Waals surface area contributed by atoms with Crippen LogP contribution in [0.3, 0.4) is 0 Å². The summed E-state index contributed by atoms with van der Waals surface area (Å²) in [7, 11) is 3.74. The molecular weight excluding hydrogens is 543 g/mol. The molecule has 1 fully saturated rings. The zero-order chi connectivity index (χ0) is 30.0. The summed E-state index contributed by atoms with van der Waals surface area (Å²) in [6.45, 7) is 7.05. The molecule has 3 heterocycles. The highest BCUT2D eigenvalue weighted by Crippen LogP contribution is 2.34. The largest absolute Gasteiger partial charge is 0.416 e. The number of aromatic nitrogens is 3. The first-order chi connectivity index (χ1) is 20.0. The molecule has 0 saturated carbocycles. The van der Waals surface area contributed by atoms with Gasteiger partial charge in [0.2, 0.25) is 5.95 Å². The van der Waals surface area contributed by atoms with Crippen molar-refractivity contribution in [1.29, 1.82) is 0 Å². The number of likely N-dealkylation sites (N-methyl/N-ethyl adjacent to an activating group) is 1. The Balaban J connectivity index is 1.35. The van der Waals surface area contributed by atoms with Crippen LogP contribution in [0, 0.1) is 25.7 Å². The van der Waals surface area contributed by atoms with Gasteiger partial charge >= 0.3 is 6.18 Å². The number of carbonyl (C=O) groups excluding carboxylic acids is 1. The van der Waals surface area contributed by atoms with Gasteiger partial charge in [0.1, 0.15) is 0 Å². The van der Waals surface area contributed by atoms with Gasteiger partial charge in [0, 0.05) is 68.3 Å². The van der Waals surface area contributed by atoms with Crippen molar-refractivity contribution < 1.29 is 18.0 Å². The Morgan fingerprint density at radius 2 is 1.71 bits per heavy atom. The van der Waals surface area contributed by atoms with Crippen LogP contribution in [0.5, 0.6) is 0 Å². The van der Waals surface area contributed by atoms with E-state index in [4.69, 9.17) is 0 Å². The number of nitrogens with zero attached hydrogens (tertiary/aromatic N) is 5. The molecular formula is C31H32F3N7O. The summed E-state index contributed by atoms with van der Waals surface area (Å²) in [4.78, 5) is 21.6. The second-order valence-electron chi connectivity index (χ2n) is 10.5. The lowest BCUT2D eigenvalue weighted by atomic mass is 10.0. The Hall–Kier alpha value is -4.40. The van der Waals surface area contributed by atoms with Crippen molar-refractivity contribution in [3.05, 3.63) is 87.6 Å². The number of hydrogen-bond acceptors (Lipinski definition) is 6. The molecule has 0 unspecified atom stereocenters. The van der Waals surface area contributed by atoms with Gasteiger partial charge in [-0.2, -0.15) is 18.2 Å². The zero-order valence-electron chi connectivity index (χ0n) is 23.9. The lowest BCUT2D eigenvalue weighted by Crippen LogP contribution is -2.44. The lowest BCUT2D eigenvalue weighted by molar-refractivity contribution is -0.138. The number of anilines is 2. The summed E-state index contributed by atoms with van der Waals surface area (Å²) < 4.78 is 43.6. The van der Waals surface area contributed by atoms with E-state index in [2.05, 4.69) is 37.5 Å². The fourth-order valence-corrected chi connectivity index (χ4v) is 4.80. The Morgan fingerprint density at radius 1 is 0.976 bits per heavy atom. The molecule has 2 aromatic heterocycles. The van der Waals surface area contributed by atoms with Crippen LogP contribution in [0.4, 0.5) is 24.8 Å². The molecule has 4 aromatic rings. The predicted molar refractivity (Wildman–Crippen MR) is 157 cm³/mol. The van der Waals surface area contributed by atoms with Gasteiger partial charge in [0.15, 0.2) is 5.65 Å². The average Bonchev–Trinajstić information content (AvgIpc) is 3.35. The van der Waals surface area contributed by atoms with Gasteiger partial charge in [0.05, 0.1) is 5.56 Å². The molecule has 218 valence electrons. The number of hydrogen-bond donors (Lipinski definition) is 2. The normalized spacial score (nSPS) is 14.5. The van der Waals surface area contributed by atoms with E-state index >= 15 is 0 Å².